The quantitative estimate of drug-likeness (QED) is 0.819. The van der Waals surface area contributed by atoms with Gasteiger partial charge in [-0.3, -0.25) is 4.79 Å². The van der Waals surface area contributed by atoms with Crippen LogP contribution in [-0.2, 0) is 6.61 Å². The predicted molar refractivity (Wildman–Crippen MR) is 61.8 cm³/mol. The molecule has 0 saturated heterocycles. The van der Waals surface area contributed by atoms with Crippen molar-refractivity contribution in [2.45, 2.75) is 6.61 Å². The van der Waals surface area contributed by atoms with Gasteiger partial charge >= 0.3 is 5.97 Å². The molecule has 0 aliphatic rings. The van der Waals surface area contributed by atoms with Gasteiger partial charge in [-0.2, -0.15) is 0 Å². The summed E-state index contributed by atoms with van der Waals surface area (Å²) in [5.74, 6) is -0.269. The number of hydrogen-bond donors (Lipinski definition) is 1. The highest BCUT2D eigenvalue weighted by Crippen LogP contribution is 2.16. The molecule has 18 heavy (non-hydrogen) atoms. The fourth-order valence-electron chi connectivity index (χ4n) is 1.43. The lowest BCUT2D eigenvalue weighted by molar-refractivity contribution is 0.0691. The number of carboxylic acids is 1. The maximum atomic E-state index is 10.8. The lowest BCUT2D eigenvalue weighted by Gasteiger charge is -2.04. The first-order valence-corrected chi connectivity index (χ1v) is 5.18. The zero-order valence-electron chi connectivity index (χ0n) is 9.33. The Kier molecular flexibility index (Phi) is 3.43. The van der Waals surface area contributed by atoms with Crippen LogP contribution in [0.5, 0.6) is 5.75 Å². The van der Waals surface area contributed by atoms with Gasteiger partial charge in [0, 0.05) is 5.56 Å². The number of carbonyl (C=O) groups is 2. The van der Waals surface area contributed by atoms with Crippen LogP contribution in [0.4, 0.5) is 0 Å². The van der Waals surface area contributed by atoms with Gasteiger partial charge in [-0.15, -0.1) is 0 Å². The highest BCUT2D eigenvalue weighted by Gasteiger charge is 2.13. The molecule has 0 aliphatic heterocycles. The van der Waals surface area contributed by atoms with E-state index in [1.165, 1.54) is 12.3 Å². The molecule has 0 saturated carbocycles. The number of aromatic carboxylic acids is 1. The van der Waals surface area contributed by atoms with Gasteiger partial charge in [0.2, 0.25) is 0 Å². The molecule has 2 rings (SSSR count). The van der Waals surface area contributed by atoms with Gasteiger partial charge in [-0.25, -0.2) is 4.79 Å². The standard InChI is InChI=1S/C13H10O5/c14-7-9-1-3-10(4-2-9)18-8-12-11(13(15)16)5-6-17-12/h1-7H,8H2,(H,15,16). The minimum Gasteiger partial charge on any atom is -0.486 e. The summed E-state index contributed by atoms with van der Waals surface area (Å²) in [6.45, 7) is 0.0229. The van der Waals surface area contributed by atoms with Gasteiger partial charge < -0.3 is 14.3 Å². The van der Waals surface area contributed by atoms with Gasteiger partial charge in [0.1, 0.15) is 24.2 Å². The molecule has 1 heterocycles. The molecule has 0 amide bonds. The highest BCUT2D eigenvalue weighted by molar-refractivity contribution is 5.88. The number of carboxylic acid groups (broad SMARTS) is 1. The van der Waals surface area contributed by atoms with Crippen LogP contribution in [0.2, 0.25) is 0 Å². The van der Waals surface area contributed by atoms with Gasteiger partial charge in [-0.1, -0.05) is 0 Å². The first-order chi connectivity index (χ1) is 8.70. The van der Waals surface area contributed by atoms with E-state index in [-0.39, 0.29) is 17.9 Å². The third-order valence-corrected chi connectivity index (χ3v) is 2.36. The molecule has 1 aromatic heterocycles. The van der Waals surface area contributed by atoms with Crippen molar-refractivity contribution in [1.29, 1.82) is 0 Å². The van der Waals surface area contributed by atoms with Crippen LogP contribution < -0.4 is 4.74 Å². The fraction of sp³-hybridized carbons (Fsp3) is 0.0769. The minimum absolute atomic E-state index is 0.0229. The van der Waals surface area contributed by atoms with E-state index >= 15 is 0 Å². The Morgan fingerprint density at radius 3 is 2.61 bits per heavy atom. The molecule has 0 unspecified atom stereocenters. The SMILES string of the molecule is O=Cc1ccc(OCc2occc2C(=O)O)cc1. The summed E-state index contributed by atoms with van der Waals surface area (Å²) < 4.78 is 10.4. The summed E-state index contributed by atoms with van der Waals surface area (Å²) in [5.41, 5.74) is 0.631. The third kappa shape index (κ3) is 2.57. The van der Waals surface area contributed by atoms with Gasteiger partial charge in [-0.05, 0) is 30.3 Å². The maximum Gasteiger partial charge on any atom is 0.339 e. The van der Waals surface area contributed by atoms with E-state index < -0.39 is 5.97 Å². The van der Waals surface area contributed by atoms with Crippen molar-refractivity contribution < 1.29 is 23.8 Å². The summed E-state index contributed by atoms with van der Waals surface area (Å²) in [5, 5.41) is 8.87. The van der Waals surface area contributed by atoms with Crippen LogP contribution in [-0.4, -0.2) is 17.4 Å². The van der Waals surface area contributed by atoms with Crippen molar-refractivity contribution in [2.75, 3.05) is 0 Å². The molecule has 2 aromatic rings. The number of rotatable bonds is 5. The van der Waals surface area contributed by atoms with Crippen molar-refractivity contribution in [2.24, 2.45) is 0 Å². The second-order valence-electron chi connectivity index (χ2n) is 3.54. The first kappa shape index (κ1) is 11.9. The monoisotopic (exact) mass is 246 g/mol. The molecule has 1 N–H and O–H groups in total. The molecular weight excluding hydrogens is 236 g/mol. The van der Waals surface area contributed by atoms with Gasteiger partial charge in [0.15, 0.2) is 5.76 Å². The second-order valence-corrected chi connectivity index (χ2v) is 3.54. The second kappa shape index (κ2) is 5.18. The molecule has 5 heteroatoms. The Labute approximate surface area is 103 Å². The zero-order chi connectivity index (χ0) is 13.0. The van der Waals surface area contributed by atoms with E-state index in [2.05, 4.69) is 0 Å². The fourth-order valence-corrected chi connectivity index (χ4v) is 1.43. The smallest absolute Gasteiger partial charge is 0.339 e. The Morgan fingerprint density at radius 2 is 2.00 bits per heavy atom. The summed E-state index contributed by atoms with van der Waals surface area (Å²) in [7, 11) is 0. The summed E-state index contributed by atoms with van der Waals surface area (Å²) in [6, 6.07) is 7.86. The van der Waals surface area contributed by atoms with E-state index in [4.69, 9.17) is 14.3 Å². The van der Waals surface area contributed by atoms with Crippen LogP contribution in [0.25, 0.3) is 0 Å². The lowest BCUT2D eigenvalue weighted by Crippen LogP contribution is -2.02. The van der Waals surface area contributed by atoms with Gasteiger partial charge in [0.25, 0.3) is 0 Å². The maximum absolute atomic E-state index is 10.8. The normalized spacial score (nSPS) is 10.0. The Morgan fingerprint density at radius 1 is 1.28 bits per heavy atom. The summed E-state index contributed by atoms with van der Waals surface area (Å²) in [4.78, 5) is 21.3. The Balaban J connectivity index is 2.04. The van der Waals surface area contributed by atoms with Gasteiger partial charge in [0.05, 0.1) is 6.26 Å². The molecular formula is C13H10O5. The number of hydrogen-bond acceptors (Lipinski definition) is 4. The molecule has 0 spiro atoms. The third-order valence-electron chi connectivity index (χ3n) is 2.36. The number of ether oxygens (including phenoxy) is 1. The minimum atomic E-state index is -1.06. The molecule has 0 fully saturated rings. The van der Waals surface area contributed by atoms with Crippen LogP contribution in [0.15, 0.2) is 41.0 Å². The lowest BCUT2D eigenvalue weighted by atomic mass is 10.2. The van der Waals surface area contributed by atoms with E-state index in [9.17, 15) is 9.59 Å². The van der Waals surface area contributed by atoms with E-state index in [1.807, 2.05) is 0 Å². The highest BCUT2D eigenvalue weighted by atomic mass is 16.5. The first-order valence-electron chi connectivity index (χ1n) is 5.18. The number of benzene rings is 1. The number of furan rings is 1. The average Bonchev–Trinajstić information content (AvgIpc) is 2.85. The summed E-state index contributed by atoms with van der Waals surface area (Å²) >= 11 is 0. The van der Waals surface area contributed by atoms with E-state index in [0.29, 0.717) is 11.3 Å². The molecule has 0 atom stereocenters. The topological polar surface area (TPSA) is 76.7 Å². The van der Waals surface area contributed by atoms with Crippen LogP contribution in [0.1, 0.15) is 26.5 Å². The Bertz CT molecular complexity index is 553. The van der Waals surface area contributed by atoms with Crippen LogP contribution in [0.3, 0.4) is 0 Å². The predicted octanol–water partition coefficient (Wildman–Crippen LogP) is 2.37. The summed E-state index contributed by atoms with van der Waals surface area (Å²) in [6.07, 6.45) is 2.04. The largest absolute Gasteiger partial charge is 0.486 e. The van der Waals surface area contributed by atoms with Crippen molar-refractivity contribution in [3.8, 4) is 5.75 Å². The van der Waals surface area contributed by atoms with Crippen molar-refractivity contribution in [3.05, 3.63) is 53.5 Å². The van der Waals surface area contributed by atoms with Crippen molar-refractivity contribution >= 4 is 12.3 Å². The van der Waals surface area contributed by atoms with E-state index in [1.54, 1.807) is 24.3 Å². The van der Waals surface area contributed by atoms with E-state index in [0.717, 1.165) is 6.29 Å². The molecule has 5 nitrogen and oxygen atoms in total. The molecule has 0 bridgehead atoms. The molecule has 92 valence electrons. The zero-order valence-corrected chi connectivity index (χ0v) is 9.33. The molecule has 1 aromatic carbocycles. The van der Waals surface area contributed by atoms with Crippen LogP contribution in [0, 0.1) is 0 Å². The average molecular weight is 246 g/mol. The number of aldehydes is 1. The van der Waals surface area contributed by atoms with Crippen molar-refractivity contribution in [1.82, 2.24) is 0 Å². The Hall–Kier alpha value is -2.56. The van der Waals surface area contributed by atoms with Crippen LogP contribution >= 0.6 is 0 Å². The number of carbonyl (C=O) groups excluding carboxylic acids is 1. The molecule has 0 radical (unpaired) electrons. The van der Waals surface area contributed by atoms with Crippen molar-refractivity contribution in [3.63, 3.8) is 0 Å². The molecule has 0 aliphatic carbocycles.